The van der Waals surface area contributed by atoms with Crippen molar-refractivity contribution in [2.75, 3.05) is 19.7 Å². The van der Waals surface area contributed by atoms with Gasteiger partial charge in [0.05, 0.1) is 12.2 Å². The van der Waals surface area contributed by atoms with Gasteiger partial charge >= 0.3 is 6.18 Å². The van der Waals surface area contributed by atoms with E-state index in [9.17, 15) is 13.2 Å². The van der Waals surface area contributed by atoms with Crippen LogP contribution in [0.1, 0.15) is 35.9 Å². The molecular formula is C21H30F3N5O. The van der Waals surface area contributed by atoms with Gasteiger partial charge in [0.1, 0.15) is 5.75 Å². The number of nitrogens with one attached hydrogen (secondary N) is 2. The van der Waals surface area contributed by atoms with Crippen LogP contribution in [0.3, 0.4) is 0 Å². The fourth-order valence-electron chi connectivity index (χ4n) is 2.93. The molecule has 0 spiro atoms. The molecule has 0 bridgehead atoms. The third-order valence-corrected chi connectivity index (χ3v) is 4.31. The predicted octanol–water partition coefficient (Wildman–Crippen LogP) is 3.89. The van der Waals surface area contributed by atoms with Crippen molar-refractivity contribution in [3.63, 3.8) is 0 Å². The summed E-state index contributed by atoms with van der Waals surface area (Å²) in [6.07, 6.45) is -3.52. The molecule has 6 nitrogen and oxygen atoms in total. The second-order valence-electron chi connectivity index (χ2n) is 7.14. The quantitative estimate of drug-likeness (QED) is 0.363. The Morgan fingerprint density at radius 3 is 2.57 bits per heavy atom. The number of aromatic nitrogens is 2. The van der Waals surface area contributed by atoms with Crippen LogP contribution in [0.15, 0.2) is 29.3 Å². The molecule has 0 amide bonds. The molecule has 2 N–H and O–H groups in total. The summed E-state index contributed by atoms with van der Waals surface area (Å²) >= 11 is 0. The first-order valence-electron chi connectivity index (χ1n) is 10.00. The molecule has 166 valence electrons. The molecule has 0 atom stereocenters. The number of aryl methyl sites for hydroxylation is 4. The van der Waals surface area contributed by atoms with Crippen LogP contribution in [0.25, 0.3) is 0 Å². The van der Waals surface area contributed by atoms with Crippen LogP contribution in [-0.2, 0) is 13.1 Å². The normalized spacial score (nSPS) is 12.2. The Hall–Kier alpha value is -2.71. The van der Waals surface area contributed by atoms with E-state index in [0.29, 0.717) is 24.6 Å². The third-order valence-electron chi connectivity index (χ3n) is 4.31. The van der Waals surface area contributed by atoms with Crippen LogP contribution in [0.4, 0.5) is 13.2 Å². The molecular weight excluding hydrogens is 395 g/mol. The molecule has 30 heavy (non-hydrogen) atoms. The molecule has 0 unspecified atom stereocenters. The summed E-state index contributed by atoms with van der Waals surface area (Å²) in [7, 11) is 0. The smallest absolute Gasteiger partial charge is 0.422 e. The molecule has 0 aliphatic heterocycles. The zero-order chi connectivity index (χ0) is 22.1. The van der Waals surface area contributed by atoms with Crippen LogP contribution in [0.5, 0.6) is 5.75 Å². The van der Waals surface area contributed by atoms with Crippen molar-refractivity contribution in [2.24, 2.45) is 4.99 Å². The Labute approximate surface area is 175 Å². The molecule has 0 saturated heterocycles. The van der Waals surface area contributed by atoms with Crippen molar-refractivity contribution in [3.8, 4) is 5.75 Å². The van der Waals surface area contributed by atoms with Crippen molar-refractivity contribution < 1.29 is 17.9 Å². The number of ether oxygens (including phenoxy) is 1. The lowest BCUT2D eigenvalue weighted by atomic mass is 10.1. The summed E-state index contributed by atoms with van der Waals surface area (Å²) in [6, 6.07) is 7.22. The van der Waals surface area contributed by atoms with Crippen LogP contribution in [0.2, 0.25) is 0 Å². The van der Waals surface area contributed by atoms with Crippen molar-refractivity contribution in [3.05, 3.63) is 46.8 Å². The van der Waals surface area contributed by atoms with Gasteiger partial charge in [-0.25, -0.2) is 4.99 Å². The highest BCUT2D eigenvalue weighted by Gasteiger charge is 2.28. The van der Waals surface area contributed by atoms with Crippen molar-refractivity contribution in [1.82, 2.24) is 20.4 Å². The second kappa shape index (κ2) is 10.9. The molecule has 1 heterocycles. The zero-order valence-corrected chi connectivity index (χ0v) is 17.9. The summed E-state index contributed by atoms with van der Waals surface area (Å²) < 4.78 is 44.6. The summed E-state index contributed by atoms with van der Waals surface area (Å²) in [5.41, 5.74) is 3.55. The van der Waals surface area contributed by atoms with Crippen molar-refractivity contribution in [2.45, 2.75) is 53.4 Å². The highest BCUT2D eigenvalue weighted by molar-refractivity contribution is 5.79. The number of hydrogen-bond donors (Lipinski definition) is 2. The Bertz CT molecular complexity index is 846. The maximum Gasteiger partial charge on any atom is 0.422 e. The number of alkyl halides is 3. The first-order chi connectivity index (χ1) is 14.2. The lowest BCUT2D eigenvalue weighted by Crippen LogP contribution is -2.38. The van der Waals surface area contributed by atoms with Gasteiger partial charge < -0.3 is 15.4 Å². The lowest BCUT2D eigenvalue weighted by molar-refractivity contribution is -0.153. The fourth-order valence-corrected chi connectivity index (χ4v) is 2.93. The van der Waals surface area contributed by atoms with Gasteiger partial charge in [0.15, 0.2) is 12.6 Å². The summed E-state index contributed by atoms with van der Waals surface area (Å²) in [5, 5.41) is 10.8. The minimum absolute atomic E-state index is 0.205. The number of benzene rings is 1. The zero-order valence-electron chi connectivity index (χ0n) is 17.9. The molecule has 1 aromatic carbocycles. The Balaban J connectivity index is 1.95. The highest BCUT2D eigenvalue weighted by atomic mass is 19.4. The minimum Gasteiger partial charge on any atom is -0.484 e. The fraction of sp³-hybridized carbons (Fsp3) is 0.524. The van der Waals surface area contributed by atoms with E-state index in [1.54, 1.807) is 12.1 Å². The third kappa shape index (κ3) is 7.96. The number of halogens is 3. The van der Waals surface area contributed by atoms with E-state index in [1.165, 1.54) is 0 Å². The SMILES string of the molecule is CCNC(=NCc1ccc(C)cc1OCC(F)(F)F)NCCCn1nc(C)cc1C. The maximum atomic E-state index is 12.5. The maximum absolute atomic E-state index is 12.5. The monoisotopic (exact) mass is 425 g/mol. The van der Waals surface area contributed by atoms with Gasteiger partial charge in [0, 0.05) is 30.9 Å². The Kier molecular flexibility index (Phi) is 8.56. The standard InChI is InChI=1S/C21H30F3N5O/c1-5-25-20(26-9-6-10-29-17(4)12-16(3)28-29)27-13-18-8-7-15(2)11-19(18)30-14-21(22,23)24/h7-8,11-12H,5-6,9-10,13-14H2,1-4H3,(H2,25,26,27). The number of nitrogens with zero attached hydrogens (tertiary/aromatic N) is 3. The average molecular weight is 425 g/mol. The molecule has 0 radical (unpaired) electrons. The Morgan fingerprint density at radius 2 is 1.93 bits per heavy atom. The second-order valence-corrected chi connectivity index (χ2v) is 7.14. The van der Waals surface area contributed by atoms with Crippen molar-refractivity contribution in [1.29, 1.82) is 0 Å². The van der Waals surface area contributed by atoms with E-state index >= 15 is 0 Å². The van der Waals surface area contributed by atoms with Gasteiger partial charge in [-0.05, 0) is 51.8 Å². The van der Waals surface area contributed by atoms with E-state index in [1.807, 2.05) is 44.5 Å². The minimum atomic E-state index is -4.38. The van der Waals surface area contributed by atoms with Crippen LogP contribution < -0.4 is 15.4 Å². The van der Waals surface area contributed by atoms with E-state index in [-0.39, 0.29) is 12.3 Å². The number of guanidine groups is 1. The predicted molar refractivity (Wildman–Crippen MR) is 112 cm³/mol. The molecule has 9 heteroatoms. The van der Waals surface area contributed by atoms with Crippen LogP contribution in [0, 0.1) is 20.8 Å². The van der Waals surface area contributed by atoms with Gasteiger partial charge in [0.25, 0.3) is 0 Å². The number of hydrogen-bond acceptors (Lipinski definition) is 3. The molecule has 0 saturated carbocycles. The van der Waals surface area contributed by atoms with E-state index in [2.05, 4.69) is 20.7 Å². The highest BCUT2D eigenvalue weighted by Crippen LogP contribution is 2.24. The molecule has 1 aromatic heterocycles. The van der Waals surface area contributed by atoms with Crippen molar-refractivity contribution >= 4 is 5.96 Å². The molecule has 0 aliphatic rings. The average Bonchev–Trinajstić information content (AvgIpc) is 2.99. The summed E-state index contributed by atoms with van der Waals surface area (Å²) in [4.78, 5) is 4.50. The van der Waals surface area contributed by atoms with Gasteiger partial charge in [-0.1, -0.05) is 12.1 Å². The van der Waals surface area contributed by atoms with Crippen LogP contribution >= 0.6 is 0 Å². The lowest BCUT2D eigenvalue weighted by Gasteiger charge is -2.14. The molecule has 0 aliphatic carbocycles. The van der Waals surface area contributed by atoms with Gasteiger partial charge in [-0.15, -0.1) is 0 Å². The van der Waals surface area contributed by atoms with E-state index in [0.717, 1.165) is 29.9 Å². The largest absolute Gasteiger partial charge is 0.484 e. The molecule has 2 rings (SSSR count). The number of aliphatic imine (C=N–C) groups is 1. The molecule has 0 fully saturated rings. The van der Waals surface area contributed by atoms with Gasteiger partial charge in [-0.3, -0.25) is 4.68 Å². The number of rotatable bonds is 9. The first-order valence-corrected chi connectivity index (χ1v) is 10.00. The Morgan fingerprint density at radius 1 is 1.17 bits per heavy atom. The first kappa shape index (κ1) is 23.6. The summed E-state index contributed by atoms with van der Waals surface area (Å²) in [5.74, 6) is 0.810. The van der Waals surface area contributed by atoms with E-state index in [4.69, 9.17) is 4.74 Å². The topological polar surface area (TPSA) is 63.5 Å². The van der Waals surface area contributed by atoms with Gasteiger partial charge in [-0.2, -0.15) is 18.3 Å². The summed E-state index contributed by atoms with van der Waals surface area (Å²) in [6.45, 7) is 8.80. The van der Waals surface area contributed by atoms with Gasteiger partial charge in [0.2, 0.25) is 0 Å². The van der Waals surface area contributed by atoms with Crippen LogP contribution in [-0.4, -0.2) is 41.6 Å². The van der Waals surface area contributed by atoms with E-state index < -0.39 is 12.8 Å². The molecule has 2 aromatic rings.